The van der Waals surface area contributed by atoms with Gasteiger partial charge in [-0.1, -0.05) is 12.1 Å². The Balaban J connectivity index is 2.46. The van der Waals surface area contributed by atoms with Crippen LogP contribution in [0.1, 0.15) is 22.8 Å². The van der Waals surface area contributed by atoms with Crippen molar-refractivity contribution >= 4 is 0 Å². The fourth-order valence-electron chi connectivity index (χ4n) is 1.90. The summed E-state index contributed by atoms with van der Waals surface area (Å²) in [6.07, 6.45) is -1.59. The molecule has 0 amide bonds. The van der Waals surface area contributed by atoms with Gasteiger partial charge in [0.2, 0.25) is 0 Å². The summed E-state index contributed by atoms with van der Waals surface area (Å²) in [6, 6.07) is 6.35. The molecule has 1 atom stereocenters. The molecule has 0 aliphatic heterocycles. The molecule has 2 nitrogen and oxygen atoms in total. The molecule has 0 spiro atoms. The maximum atomic E-state index is 13.8. The van der Waals surface area contributed by atoms with Gasteiger partial charge in [0.1, 0.15) is 17.7 Å². The lowest BCUT2D eigenvalue weighted by Gasteiger charge is -2.15. The Bertz CT molecular complexity index is 641. The van der Waals surface area contributed by atoms with Gasteiger partial charge in [0.15, 0.2) is 11.6 Å². The van der Waals surface area contributed by atoms with Gasteiger partial charge in [-0.15, -0.1) is 0 Å². The molecular weight excluding hydrogens is 269 g/mol. The van der Waals surface area contributed by atoms with Crippen molar-refractivity contribution in [2.45, 2.75) is 13.0 Å². The highest BCUT2D eigenvalue weighted by Gasteiger charge is 2.21. The molecule has 0 fully saturated rings. The van der Waals surface area contributed by atoms with Gasteiger partial charge in [-0.3, -0.25) is 0 Å². The minimum atomic E-state index is -1.59. The number of ether oxygens (including phenoxy) is 1. The average Bonchev–Trinajstić information content (AvgIpc) is 2.44. The van der Waals surface area contributed by atoms with E-state index >= 15 is 0 Å². The first-order chi connectivity index (χ1) is 9.45. The van der Waals surface area contributed by atoms with Crippen LogP contribution in [0.2, 0.25) is 0 Å². The fraction of sp³-hybridized carbons (Fsp3) is 0.200. The van der Waals surface area contributed by atoms with Gasteiger partial charge >= 0.3 is 0 Å². The lowest BCUT2D eigenvalue weighted by Crippen LogP contribution is -2.07. The van der Waals surface area contributed by atoms with Gasteiger partial charge in [-0.25, -0.2) is 13.2 Å². The van der Waals surface area contributed by atoms with Crippen molar-refractivity contribution in [2.24, 2.45) is 0 Å². The molecule has 0 radical (unpaired) electrons. The zero-order chi connectivity index (χ0) is 14.9. The van der Waals surface area contributed by atoms with Crippen LogP contribution in [0, 0.1) is 24.4 Å². The van der Waals surface area contributed by atoms with E-state index in [1.807, 2.05) is 0 Å². The lowest BCUT2D eigenvalue weighted by atomic mass is 9.99. The Morgan fingerprint density at radius 2 is 1.65 bits per heavy atom. The van der Waals surface area contributed by atoms with Crippen LogP contribution in [0.4, 0.5) is 13.2 Å². The normalized spacial score (nSPS) is 12.3. The first kappa shape index (κ1) is 14.4. The van der Waals surface area contributed by atoms with Crippen LogP contribution in [-0.4, -0.2) is 12.2 Å². The second kappa shape index (κ2) is 5.54. The summed E-state index contributed by atoms with van der Waals surface area (Å²) in [7, 11) is 1.37. The molecule has 5 heteroatoms. The molecule has 2 rings (SSSR count). The maximum Gasteiger partial charge on any atom is 0.165 e. The van der Waals surface area contributed by atoms with Crippen LogP contribution >= 0.6 is 0 Å². The second-order valence-corrected chi connectivity index (χ2v) is 4.39. The van der Waals surface area contributed by atoms with Crippen molar-refractivity contribution in [1.29, 1.82) is 0 Å². The van der Waals surface area contributed by atoms with Crippen LogP contribution in [0.25, 0.3) is 0 Å². The number of benzene rings is 2. The van der Waals surface area contributed by atoms with Crippen LogP contribution in [0.15, 0.2) is 30.3 Å². The third-order valence-corrected chi connectivity index (χ3v) is 3.10. The van der Waals surface area contributed by atoms with Crippen LogP contribution in [0.5, 0.6) is 5.75 Å². The van der Waals surface area contributed by atoms with E-state index in [1.165, 1.54) is 38.3 Å². The van der Waals surface area contributed by atoms with E-state index < -0.39 is 23.6 Å². The number of halogens is 3. The van der Waals surface area contributed by atoms with E-state index in [2.05, 4.69) is 0 Å². The van der Waals surface area contributed by atoms with E-state index in [0.29, 0.717) is 0 Å². The summed E-state index contributed by atoms with van der Waals surface area (Å²) >= 11 is 0. The Morgan fingerprint density at radius 3 is 2.25 bits per heavy atom. The summed E-state index contributed by atoms with van der Waals surface area (Å²) in [5.41, 5.74) is -0.334. The summed E-state index contributed by atoms with van der Waals surface area (Å²) in [6.45, 7) is 1.41. The van der Waals surface area contributed by atoms with Gasteiger partial charge in [-0.05, 0) is 24.6 Å². The highest BCUT2D eigenvalue weighted by Crippen LogP contribution is 2.30. The molecule has 0 bridgehead atoms. The molecular formula is C15H13F3O2. The number of aryl methyl sites for hydroxylation is 1. The zero-order valence-electron chi connectivity index (χ0n) is 11.0. The van der Waals surface area contributed by atoms with E-state index in [-0.39, 0.29) is 22.4 Å². The van der Waals surface area contributed by atoms with Gasteiger partial charge in [-0.2, -0.15) is 0 Å². The van der Waals surface area contributed by atoms with Crippen molar-refractivity contribution < 1.29 is 23.0 Å². The summed E-state index contributed by atoms with van der Waals surface area (Å²) in [4.78, 5) is 0. The fourth-order valence-corrected chi connectivity index (χ4v) is 1.90. The van der Waals surface area contributed by atoms with Crippen LogP contribution < -0.4 is 4.74 Å². The van der Waals surface area contributed by atoms with Crippen LogP contribution in [0.3, 0.4) is 0 Å². The quantitative estimate of drug-likeness (QED) is 0.933. The standard InChI is InChI=1S/C15H13F3O2/c1-8-3-5-11(14(18)13(8)17)15(19)10-6-4-9(20-2)7-12(10)16/h3-7,15,19H,1-2H3. The molecule has 0 aliphatic carbocycles. The number of rotatable bonds is 3. The van der Waals surface area contributed by atoms with Crippen molar-refractivity contribution in [3.05, 3.63) is 64.5 Å². The first-order valence-electron chi connectivity index (χ1n) is 5.91. The number of hydrogen-bond acceptors (Lipinski definition) is 2. The van der Waals surface area contributed by atoms with Gasteiger partial charge in [0.25, 0.3) is 0 Å². The average molecular weight is 282 g/mol. The van der Waals surface area contributed by atoms with E-state index in [1.54, 1.807) is 0 Å². The van der Waals surface area contributed by atoms with Gasteiger partial charge < -0.3 is 9.84 Å². The molecule has 0 saturated heterocycles. The summed E-state index contributed by atoms with van der Waals surface area (Å²) < 4.78 is 45.9. The minimum Gasteiger partial charge on any atom is -0.497 e. The van der Waals surface area contributed by atoms with Crippen molar-refractivity contribution in [1.82, 2.24) is 0 Å². The predicted octanol–water partition coefficient (Wildman–Crippen LogP) is 3.50. The predicted molar refractivity (Wildman–Crippen MR) is 68.1 cm³/mol. The maximum absolute atomic E-state index is 13.8. The van der Waals surface area contributed by atoms with Crippen molar-refractivity contribution in [2.75, 3.05) is 7.11 Å². The number of aliphatic hydroxyl groups is 1. The number of aliphatic hydroxyl groups excluding tert-OH is 1. The highest BCUT2D eigenvalue weighted by molar-refractivity contribution is 5.37. The number of methoxy groups -OCH3 is 1. The van der Waals surface area contributed by atoms with Crippen LogP contribution in [-0.2, 0) is 0 Å². The third-order valence-electron chi connectivity index (χ3n) is 3.10. The SMILES string of the molecule is COc1ccc(C(O)c2ccc(C)c(F)c2F)c(F)c1. The lowest BCUT2D eigenvalue weighted by molar-refractivity contribution is 0.208. The zero-order valence-corrected chi connectivity index (χ0v) is 11.0. The monoisotopic (exact) mass is 282 g/mol. The molecule has 0 aromatic heterocycles. The van der Waals surface area contributed by atoms with E-state index in [9.17, 15) is 18.3 Å². The Morgan fingerprint density at radius 1 is 1.00 bits per heavy atom. The van der Waals surface area contributed by atoms with Gasteiger partial charge in [0, 0.05) is 17.2 Å². The Kier molecular flexibility index (Phi) is 3.99. The van der Waals surface area contributed by atoms with E-state index in [4.69, 9.17) is 4.74 Å². The van der Waals surface area contributed by atoms with Crippen molar-refractivity contribution in [3.8, 4) is 5.75 Å². The Hall–Kier alpha value is -2.01. The van der Waals surface area contributed by atoms with Crippen molar-refractivity contribution in [3.63, 3.8) is 0 Å². The molecule has 0 aliphatic rings. The summed E-state index contributed by atoms with van der Waals surface area (Å²) in [5, 5.41) is 10.0. The number of hydrogen-bond donors (Lipinski definition) is 1. The Labute approximate surface area is 114 Å². The first-order valence-corrected chi connectivity index (χ1v) is 5.91. The molecule has 0 heterocycles. The highest BCUT2D eigenvalue weighted by atomic mass is 19.2. The molecule has 0 saturated carbocycles. The summed E-state index contributed by atoms with van der Waals surface area (Å²) in [5.74, 6) is -2.70. The molecule has 2 aromatic rings. The third kappa shape index (κ3) is 2.49. The minimum absolute atomic E-state index is 0.119. The van der Waals surface area contributed by atoms with E-state index in [0.717, 1.165) is 6.07 Å². The molecule has 1 unspecified atom stereocenters. The molecule has 106 valence electrons. The molecule has 2 aromatic carbocycles. The molecule has 1 N–H and O–H groups in total. The largest absolute Gasteiger partial charge is 0.497 e. The van der Waals surface area contributed by atoms with Gasteiger partial charge in [0.05, 0.1) is 7.11 Å². The smallest absolute Gasteiger partial charge is 0.165 e. The molecule has 20 heavy (non-hydrogen) atoms. The second-order valence-electron chi connectivity index (χ2n) is 4.39. The topological polar surface area (TPSA) is 29.5 Å².